The van der Waals surface area contributed by atoms with E-state index in [0.29, 0.717) is 76.7 Å². The zero-order valence-corrected chi connectivity index (χ0v) is 21.0. The summed E-state index contributed by atoms with van der Waals surface area (Å²) in [4.78, 5) is 41.9. The number of rotatable bonds is 5. The van der Waals surface area contributed by atoms with Crippen LogP contribution in [0.4, 0.5) is 17.1 Å². The van der Waals surface area contributed by atoms with E-state index < -0.39 is 5.97 Å². The van der Waals surface area contributed by atoms with E-state index in [1.807, 2.05) is 18.2 Å². The van der Waals surface area contributed by atoms with Gasteiger partial charge in [-0.15, -0.1) is 0 Å². The molecule has 1 amide bonds. The normalized spacial score (nSPS) is 14.3. The highest BCUT2D eigenvalue weighted by Gasteiger charge is 2.34. The van der Waals surface area contributed by atoms with Crippen molar-refractivity contribution in [1.29, 1.82) is 0 Å². The van der Waals surface area contributed by atoms with Crippen molar-refractivity contribution in [2.75, 3.05) is 36.4 Å². The van der Waals surface area contributed by atoms with Crippen LogP contribution in [-0.2, 0) is 0 Å². The maximum absolute atomic E-state index is 13.8. The average Bonchev–Trinajstić information content (AvgIpc) is 3.68. The number of carboxylic acid groups (broad SMARTS) is 1. The number of hydrogen-bond donors (Lipinski definition) is 1. The number of hydrogen-bond acceptors (Lipinski definition) is 9. The number of ketones is 1. The van der Waals surface area contributed by atoms with Crippen LogP contribution < -0.4 is 15.3 Å². The van der Waals surface area contributed by atoms with Crippen molar-refractivity contribution in [3.63, 3.8) is 0 Å². The molecule has 1 aliphatic heterocycles. The number of piperazine rings is 1. The minimum atomic E-state index is -1.30. The lowest BCUT2D eigenvalue weighted by molar-refractivity contribution is -0.255. The Bertz CT molecular complexity index is 1820. The molecule has 198 valence electrons. The molecule has 1 saturated heterocycles. The summed E-state index contributed by atoms with van der Waals surface area (Å²) in [5.74, 6) is -0.850. The molecule has 0 bridgehead atoms. The van der Waals surface area contributed by atoms with Gasteiger partial charge in [0.05, 0.1) is 34.6 Å². The lowest BCUT2D eigenvalue weighted by atomic mass is 9.86. The second-order valence-electron chi connectivity index (χ2n) is 9.68. The molecular formula is C30H21N4O6-. The predicted molar refractivity (Wildman–Crippen MR) is 144 cm³/mol. The fourth-order valence-electron chi connectivity index (χ4n) is 5.47. The van der Waals surface area contributed by atoms with Crippen LogP contribution in [-0.4, -0.2) is 53.9 Å². The summed E-state index contributed by atoms with van der Waals surface area (Å²) in [5, 5.41) is 19.7. The van der Waals surface area contributed by atoms with Crippen LogP contribution in [0.5, 0.6) is 0 Å². The summed E-state index contributed by atoms with van der Waals surface area (Å²) in [7, 11) is 0. The summed E-state index contributed by atoms with van der Waals surface area (Å²) in [5.41, 5.74) is 3.85. The third kappa shape index (κ3) is 3.72. The number of carbonyl (C=O) groups is 3. The van der Waals surface area contributed by atoms with Crippen molar-refractivity contribution in [3.8, 4) is 11.3 Å². The number of fused-ring (bicyclic) bond motifs is 2. The molecule has 2 aromatic heterocycles. The van der Waals surface area contributed by atoms with Crippen LogP contribution in [0.3, 0.4) is 0 Å². The molecule has 7 rings (SSSR count). The van der Waals surface area contributed by atoms with E-state index in [2.05, 4.69) is 15.4 Å². The van der Waals surface area contributed by atoms with E-state index in [-0.39, 0.29) is 17.3 Å². The third-order valence-electron chi connectivity index (χ3n) is 7.40. The molecule has 0 saturated carbocycles. The molecule has 0 unspecified atom stereocenters. The summed E-state index contributed by atoms with van der Waals surface area (Å²) < 4.78 is 11.1. The first-order chi connectivity index (χ1) is 19.5. The fourth-order valence-corrected chi connectivity index (χ4v) is 5.47. The highest BCUT2D eigenvalue weighted by atomic mass is 16.5. The molecule has 1 aliphatic carbocycles. The van der Waals surface area contributed by atoms with Crippen LogP contribution in [0.15, 0.2) is 81.9 Å². The summed E-state index contributed by atoms with van der Waals surface area (Å²) in [6.45, 7) is 1.97. The monoisotopic (exact) mass is 533 g/mol. The van der Waals surface area contributed by atoms with E-state index >= 15 is 0 Å². The van der Waals surface area contributed by atoms with Crippen LogP contribution in [0.2, 0.25) is 0 Å². The van der Waals surface area contributed by atoms with Gasteiger partial charge in [0.2, 0.25) is 0 Å². The molecule has 0 spiro atoms. The van der Waals surface area contributed by atoms with Gasteiger partial charge in [0.1, 0.15) is 5.52 Å². The van der Waals surface area contributed by atoms with Gasteiger partial charge in [-0.3, -0.25) is 9.59 Å². The first-order valence-electron chi connectivity index (χ1n) is 12.8. The number of nitrogens with one attached hydrogen (secondary N) is 1. The van der Waals surface area contributed by atoms with E-state index in [0.717, 1.165) is 5.69 Å². The van der Waals surface area contributed by atoms with Gasteiger partial charge in [0, 0.05) is 43.0 Å². The summed E-state index contributed by atoms with van der Waals surface area (Å²) in [6, 6.07) is 18.6. The average molecular weight is 534 g/mol. The van der Waals surface area contributed by atoms with Crippen molar-refractivity contribution < 1.29 is 28.4 Å². The number of carbonyl (C=O) groups excluding carboxylic acids is 3. The quantitative estimate of drug-likeness (QED) is 0.352. The Morgan fingerprint density at radius 3 is 2.48 bits per heavy atom. The Morgan fingerprint density at radius 1 is 0.925 bits per heavy atom. The minimum absolute atomic E-state index is 0.0135. The molecule has 40 heavy (non-hydrogen) atoms. The van der Waals surface area contributed by atoms with Crippen LogP contribution >= 0.6 is 0 Å². The first kappa shape index (κ1) is 23.7. The Morgan fingerprint density at radius 2 is 1.73 bits per heavy atom. The molecule has 3 heterocycles. The Labute approximate surface area is 227 Å². The zero-order valence-electron chi connectivity index (χ0n) is 21.0. The molecule has 3 aromatic carbocycles. The largest absolute Gasteiger partial charge is 0.545 e. The molecule has 10 heteroatoms. The summed E-state index contributed by atoms with van der Waals surface area (Å²) in [6.07, 6.45) is 1.48. The second kappa shape index (κ2) is 9.12. The van der Waals surface area contributed by atoms with Crippen LogP contribution in [0.1, 0.15) is 36.8 Å². The standard InChI is InChI=1S/C30H22N4O6/c35-27-19-7-1-2-8-20(19)28-25-24(27)21(31-18-6-3-5-17(15-18)30(37)38)16-22(26(25)32-40-28)33-10-12-34(13-11-33)29(36)23-9-4-14-39-23/h1-9,14-16,31H,10-13H2,(H,37,38)/p-1. The Hall–Kier alpha value is -5.38. The van der Waals surface area contributed by atoms with Crippen molar-refractivity contribution in [1.82, 2.24) is 10.1 Å². The smallest absolute Gasteiger partial charge is 0.289 e. The maximum atomic E-state index is 13.8. The number of amides is 1. The lowest BCUT2D eigenvalue weighted by Crippen LogP contribution is -2.48. The SMILES string of the molecule is O=C([O-])c1cccc(Nc2cc(N3CCN(C(=O)c4ccco4)CC3)c3noc4c3c2C(=O)c2ccccc2-4)c1. The van der Waals surface area contributed by atoms with Gasteiger partial charge in [-0.25, -0.2) is 0 Å². The fraction of sp³-hybridized carbons (Fsp3) is 0.133. The lowest BCUT2D eigenvalue weighted by Gasteiger charge is -2.36. The minimum Gasteiger partial charge on any atom is -0.545 e. The molecule has 10 nitrogen and oxygen atoms in total. The van der Waals surface area contributed by atoms with Gasteiger partial charge in [0.15, 0.2) is 17.3 Å². The highest BCUT2D eigenvalue weighted by Crippen LogP contribution is 2.46. The van der Waals surface area contributed by atoms with Crippen LogP contribution in [0.25, 0.3) is 22.2 Å². The number of anilines is 3. The Kier molecular flexibility index (Phi) is 5.41. The van der Waals surface area contributed by atoms with Gasteiger partial charge in [-0.1, -0.05) is 41.6 Å². The first-order valence-corrected chi connectivity index (χ1v) is 12.8. The van der Waals surface area contributed by atoms with Crippen molar-refractivity contribution >= 4 is 45.6 Å². The highest BCUT2D eigenvalue weighted by molar-refractivity contribution is 6.28. The van der Waals surface area contributed by atoms with Crippen molar-refractivity contribution in [3.05, 3.63) is 95.4 Å². The number of aromatic carboxylic acids is 1. The van der Waals surface area contributed by atoms with E-state index in [4.69, 9.17) is 8.94 Å². The topological polar surface area (TPSA) is 132 Å². The van der Waals surface area contributed by atoms with E-state index in [1.54, 1.807) is 41.3 Å². The summed E-state index contributed by atoms with van der Waals surface area (Å²) >= 11 is 0. The predicted octanol–water partition coefficient (Wildman–Crippen LogP) is 3.70. The number of nitrogens with zero attached hydrogens (tertiary/aromatic N) is 3. The number of furan rings is 1. The molecule has 5 aromatic rings. The molecule has 2 aliphatic rings. The molecule has 0 atom stereocenters. The van der Waals surface area contributed by atoms with E-state index in [9.17, 15) is 19.5 Å². The molecule has 0 radical (unpaired) electrons. The number of carboxylic acids is 1. The van der Waals surface area contributed by atoms with Gasteiger partial charge >= 0.3 is 0 Å². The van der Waals surface area contributed by atoms with Crippen LogP contribution in [0, 0.1) is 0 Å². The Balaban J connectivity index is 1.32. The maximum Gasteiger partial charge on any atom is 0.289 e. The molecular weight excluding hydrogens is 512 g/mol. The number of benzene rings is 3. The van der Waals surface area contributed by atoms with Gasteiger partial charge in [-0.05, 0) is 35.9 Å². The van der Waals surface area contributed by atoms with Crippen molar-refractivity contribution in [2.24, 2.45) is 0 Å². The zero-order chi connectivity index (χ0) is 27.4. The molecule has 1 N–H and O–H groups in total. The van der Waals surface area contributed by atoms with Gasteiger partial charge < -0.3 is 34.0 Å². The van der Waals surface area contributed by atoms with Gasteiger partial charge in [0.25, 0.3) is 5.91 Å². The van der Waals surface area contributed by atoms with Gasteiger partial charge in [-0.2, -0.15) is 0 Å². The second-order valence-corrected chi connectivity index (χ2v) is 9.68. The van der Waals surface area contributed by atoms with E-state index in [1.165, 1.54) is 18.4 Å². The third-order valence-corrected chi connectivity index (χ3v) is 7.40. The molecule has 1 fully saturated rings. The van der Waals surface area contributed by atoms with Crippen molar-refractivity contribution in [2.45, 2.75) is 0 Å². The number of aromatic nitrogens is 1.